The predicted molar refractivity (Wildman–Crippen MR) is 60.0 cm³/mol. The molecular weight excluding hydrogens is 212 g/mol. The number of benzene rings is 1. The average Bonchev–Trinajstić information content (AvgIpc) is 2.17. The molecule has 3 N–H and O–H groups in total. The van der Waals surface area contributed by atoms with Crippen molar-refractivity contribution in [3.63, 3.8) is 0 Å². The molecule has 84 valence electrons. The molecule has 5 heteroatoms. The summed E-state index contributed by atoms with van der Waals surface area (Å²) in [6.07, 6.45) is 0. The van der Waals surface area contributed by atoms with Gasteiger partial charge in [0.2, 0.25) is 10.0 Å². The van der Waals surface area contributed by atoms with Gasteiger partial charge >= 0.3 is 0 Å². The molecule has 0 amide bonds. The molecule has 0 fully saturated rings. The number of sulfonamides is 1. The summed E-state index contributed by atoms with van der Waals surface area (Å²) >= 11 is 0. The molecule has 1 atom stereocenters. The monoisotopic (exact) mass is 228 g/mol. The van der Waals surface area contributed by atoms with Crippen molar-refractivity contribution in [2.75, 3.05) is 6.54 Å². The van der Waals surface area contributed by atoms with E-state index in [1.165, 1.54) is 0 Å². The standard InChI is InChI=1S/C10H16N2O2S/c1-8-3-5-10(6-4-8)15(13,14)12-9(2)7-11/h3-6,9,12H,7,11H2,1-2H3/t9-/m0/s1. The highest BCUT2D eigenvalue weighted by atomic mass is 32.2. The van der Waals surface area contributed by atoms with Crippen molar-refractivity contribution in [1.82, 2.24) is 4.72 Å². The van der Waals surface area contributed by atoms with E-state index in [4.69, 9.17) is 5.73 Å². The number of aryl methyl sites for hydroxylation is 1. The SMILES string of the molecule is Cc1ccc(S(=O)(=O)N[C@@H](C)CN)cc1. The van der Waals surface area contributed by atoms with Gasteiger partial charge in [-0.2, -0.15) is 0 Å². The highest BCUT2D eigenvalue weighted by molar-refractivity contribution is 7.89. The van der Waals surface area contributed by atoms with Gasteiger partial charge in [0.25, 0.3) is 0 Å². The lowest BCUT2D eigenvalue weighted by Gasteiger charge is -2.11. The first kappa shape index (κ1) is 12.2. The van der Waals surface area contributed by atoms with Crippen LogP contribution in [-0.2, 0) is 10.0 Å². The Bertz CT molecular complexity index is 412. The van der Waals surface area contributed by atoms with Crippen LogP contribution in [0.4, 0.5) is 0 Å². The second kappa shape index (κ2) is 4.74. The molecule has 0 spiro atoms. The molecule has 0 saturated heterocycles. The Morgan fingerprint density at radius 3 is 2.33 bits per heavy atom. The number of hydrogen-bond acceptors (Lipinski definition) is 3. The summed E-state index contributed by atoms with van der Waals surface area (Å²) in [7, 11) is -3.42. The smallest absolute Gasteiger partial charge is 0.240 e. The van der Waals surface area contributed by atoms with Gasteiger partial charge in [-0.3, -0.25) is 0 Å². The molecular formula is C10H16N2O2S. The fourth-order valence-corrected chi connectivity index (χ4v) is 2.35. The maximum atomic E-state index is 11.7. The maximum absolute atomic E-state index is 11.7. The zero-order valence-corrected chi connectivity index (χ0v) is 9.71. The van der Waals surface area contributed by atoms with Gasteiger partial charge in [-0.25, -0.2) is 13.1 Å². The Kier molecular flexibility index (Phi) is 3.84. The van der Waals surface area contributed by atoms with Crippen molar-refractivity contribution in [2.24, 2.45) is 5.73 Å². The summed E-state index contributed by atoms with van der Waals surface area (Å²) in [5.41, 5.74) is 6.38. The molecule has 4 nitrogen and oxygen atoms in total. The normalized spacial score (nSPS) is 13.8. The van der Waals surface area contributed by atoms with Crippen LogP contribution in [0.5, 0.6) is 0 Å². The van der Waals surface area contributed by atoms with E-state index in [-0.39, 0.29) is 17.5 Å². The summed E-state index contributed by atoms with van der Waals surface area (Å²) < 4.78 is 26.0. The van der Waals surface area contributed by atoms with Crippen LogP contribution >= 0.6 is 0 Å². The van der Waals surface area contributed by atoms with E-state index in [1.807, 2.05) is 6.92 Å². The van der Waals surface area contributed by atoms with Crippen LogP contribution in [0, 0.1) is 6.92 Å². The van der Waals surface area contributed by atoms with E-state index >= 15 is 0 Å². The molecule has 0 aliphatic carbocycles. The molecule has 0 heterocycles. The average molecular weight is 228 g/mol. The summed E-state index contributed by atoms with van der Waals surface area (Å²) in [4.78, 5) is 0.272. The Balaban J connectivity index is 2.91. The fraction of sp³-hybridized carbons (Fsp3) is 0.400. The molecule has 1 rings (SSSR count). The van der Waals surface area contributed by atoms with Crippen LogP contribution in [0.3, 0.4) is 0 Å². The van der Waals surface area contributed by atoms with Crippen LogP contribution in [0.15, 0.2) is 29.2 Å². The molecule has 0 saturated carbocycles. The Morgan fingerprint density at radius 1 is 1.33 bits per heavy atom. The van der Waals surface area contributed by atoms with Gasteiger partial charge < -0.3 is 5.73 Å². The quantitative estimate of drug-likeness (QED) is 0.793. The zero-order valence-electron chi connectivity index (χ0n) is 8.90. The topological polar surface area (TPSA) is 72.2 Å². The van der Waals surface area contributed by atoms with Crippen LogP contribution in [-0.4, -0.2) is 21.0 Å². The van der Waals surface area contributed by atoms with Gasteiger partial charge in [-0.05, 0) is 26.0 Å². The minimum atomic E-state index is -3.42. The molecule has 0 radical (unpaired) electrons. The fourth-order valence-electron chi connectivity index (χ4n) is 1.10. The first-order chi connectivity index (χ1) is 6.95. The Labute approximate surface area is 90.5 Å². The largest absolute Gasteiger partial charge is 0.329 e. The van der Waals surface area contributed by atoms with Crippen molar-refractivity contribution in [2.45, 2.75) is 24.8 Å². The third kappa shape index (κ3) is 3.30. The number of hydrogen-bond donors (Lipinski definition) is 2. The summed E-state index contributed by atoms with van der Waals surface area (Å²) in [5, 5.41) is 0. The lowest BCUT2D eigenvalue weighted by molar-refractivity contribution is 0.562. The predicted octanol–water partition coefficient (Wildman–Crippen LogP) is 0.621. The van der Waals surface area contributed by atoms with Crippen molar-refractivity contribution in [1.29, 1.82) is 0 Å². The van der Waals surface area contributed by atoms with Crippen molar-refractivity contribution in [3.05, 3.63) is 29.8 Å². The second-order valence-electron chi connectivity index (χ2n) is 3.57. The summed E-state index contributed by atoms with van der Waals surface area (Å²) in [5.74, 6) is 0. The van der Waals surface area contributed by atoms with Gasteiger partial charge in [0.1, 0.15) is 0 Å². The van der Waals surface area contributed by atoms with Gasteiger partial charge in [0, 0.05) is 12.6 Å². The van der Waals surface area contributed by atoms with Gasteiger partial charge in [0.05, 0.1) is 4.90 Å². The van der Waals surface area contributed by atoms with E-state index in [2.05, 4.69) is 4.72 Å². The van der Waals surface area contributed by atoms with Crippen molar-refractivity contribution < 1.29 is 8.42 Å². The Morgan fingerprint density at radius 2 is 1.87 bits per heavy atom. The van der Waals surface area contributed by atoms with Gasteiger partial charge in [-0.1, -0.05) is 17.7 Å². The minimum Gasteiger partial charge on any atom is -0.329 e. The van der Waals surface area contributed by atoms with Crippen molar-refractivity contribution >= 4 is 10.0 Å². The lowest BCUT2D eigenvalue weighted by Crippen LogP contribution is -2.37. The molecule has 15 heavy (non-hydrogen) atoms. The molecule has 0 bridgehead atoms. The van der Waals surface area contributed by atoms with Gasteiger partial charge in [-0.15, -0.1) is 0 Å². The number of nitrogens with two attached hydrogens (primary N) is 1. The summed E-state index contributed by atoms with van der Waals surface area (Å²) in [6, 6.07) is 6.45. The van der Waals surface area contributed by atoms with E-state index in [9.17, 15) is 8.42 Å². The second-order valence-corrected chi connectivity index (χ2v) is 5.29. The van der Waals surface area contributed by atoms with E-state index in [0.29, 0.717) is 0 Å². The van der Waals surface area contributed by atoms with E-state index in [1.54, 1.807) is 31.2 Å². The Hall–Kier alpha value is -0.910. The molecule has 0 aliphatic heterocycles. The number of nitrogens with one attached hydrogen (secondary N) is 1. The molecule has 0 unspecified atom stereocenters. The molecule has 1 aromatic rings. The highest BCUT2D eigenvalue weighted by Gasteiger charge is 2.15. The third-order valence-corrected chi connectivity index (χ3v) is 3.65. The van der Waals surface area contributed by atoms with E-state index in [0.717, 1.165) is 5.56 Å². The first-order valence-electron chi connectivity index (χ1n) is 4.75. The van der Waals surface area contributed by atoms with Crippen molar-refractivity contribution in [3.8, 4) is 0 Å². The maximum Gasteiger partial charge on any atom is 0.240 e. The lowest BCUT2D eigenvalue weighted by atomic mass is 10.2. The molecule has 0 aliphatic rings. The molecule has 0 aromatic heterocycles. The van der Waals surface area contributed by atoms with Gasteiger partial charge in [0.15, 0.2) is 0 Å². The van der Waals surface area contributed by atoms with Crippen LogP contribution in [0.1, 0.15) is 12.5 Å². The zero-order chi connectivity index (χ0) is 11.5. The van der Waals surface area contributed by atoms with Crippen LogP contribution < -0.4 is 10.5 Å². The molecule has 1 aromatic carbocycles. The first-order valence-corrected chi connectivity index (χ1v) is 6.23. The third-order valence-electron chi connectivity index (χ3n) is 2.04. The van der Waals surface area contributed by atoms with Crippen LogP contribution in [0.25, 0.3) is 0 Å². The minimum absolute atomic E-state index is 0.253. The highest BCUT2D eigenvalue weighted by Crippen LogP contribution is 2.10. The van der Waals surface area contributed by atoms with Crippen LogP contribution in [0.2, 0.25) is 0 Å². The van der Waals surface area contributed by atoms with E-state index < -0.39 is 10.0 Å². The summed E-state index contributed by atoms with van der Waals surface area (Å²) in [6.45, 7) is 3.92. The number of rotatable bonds is 4.